The van der Waals surface area contributed by atoms with Gasteiger partial charge in [0.2, 0.25) is 5.03 Å². The van der Waals surface area contributed by atoms with Crippen LogP contribution in [0.25, 0.3) is 5.65 Å². The van der Waals surface area contributed by atoms with Crippen molar-refractivity contribution in [1.29, 1.82) is 0 Å². The molecule has 3 aromatic rings. The molecule has 0 fully saturated rings. The van der Waals surface area contributed by atoms with Gasteiger partial charge in [0.1, 0.15) is 17.6 Å². The maximum absolute atomic E-state index is 12.4. The Labute approximate surface area is 113 Å². The summed E-state index contributed by atoms with van der Waals surface area (Å²) < 4.78 is 33.2. The zero-order chi connectivity index (χ0) is 14.2. The minimum atomic E-state index is -3.90. The summed E-state index contributed by atoms with van der Waals surface area (Å²) in [6.07, 6.45) is 4.00. The van der Waals surface area contributed by atoms with Gasteiger partial charge in [-0.15, -0.1) is 0 Å². The van der Waals surface area contributed by atoms with Crippen LogP contribution in [0.15, 0.2) is 46.4 Å². The number of pyridine rings is 1. The van der Waals surface area contributed by atoms with E-state index in [2.05, 4.69) is 24.8 Å². The number of hydrogen-bond acceptors (Lipinski definition) is 7. The van der Waals surface area contributed by atoms with Gasteiger partial charge in [-0.05, 0) is 12.1 Å². The van der Waals surface area contributed by atoms with Crippen molar-refractivity contribution in [2.75, 3.05) is 10.1 Å². The summed E-state index contributed by atoms with van der Waals surface area (Å²) >= 11 is 0. The zero-order valence-electron chi connectivity index (χ0n) is 10.0. The summed E-state index contributed by atoms with van der Waals surface area (Å²) in [6.45, 7) is 0. The summed E-state index contributed by atoms with van der Waals surface area (Å²) in [5.74, 6) is 5.38. The van der Waals surface area contributed by atoms with Gasteiger partial charge < -0.3 is 9.95 Å². The molecule has 9 nitrogen and oxygen atoms in total. The second-order valence-corrected chi connectivity index (χ2v) is 5.46. The minimum Gasteiger partial charge on any atom is -0.362 e. The number of imidazole rings is 1. The summed E-state index contributed by atoms with van der Waals surface area (Å²) in [6, 6.07) is 5.10. The molecule has 0 aromatic carbocycles. The van der Waals surface area contributed by atoms with Gasteiger partial charge in [-0.3, -0.25) is 9.12 Å². The van der Waals surface area contributed by atoms with Crippen LogP contribution in [0.3, 0.4) is 0 Å². The van der Waals surface area contributed by atoms with Crippen molar-refractivity contribution in [3.05, 3.63) is 36.9 Å². The maximum atomic E-state index is 12.4. The molecule has 0 saturated heterocycles. The highest BCUT2D eigenvalue weighted by Gasteiger charge is 2.25. The van der Waals surface area contributed by atoms with Crippen molar-refractivity contribution in [3.63, 3.8) is 0 Å². The van der Waals surface area contributed by atoms with Gasteiger partial charge in [0.15, 0.2) is 5.82 Å². The largest absolute Gasteiger partial charge is 0.362 e. The molecular weight excluding hydrogens is 284 g/mol. The molecule has 0 spiro atoms. The Kier molecular flexibility index (Phi) is 2.80. The van der Waals surface area contributed by atoms with E-state index in [1.165, 1.54) is 16.9 Å². The zero-order valence-corrected chi connectivity index (χ0v) is 10.8. The minimum absolute atomic E-state index is 0.0418. The fourth-order valence-corrected chi connectivity index (χ4v) is 3.06. The van der Waals surface area contributed by atoms with E-state index in [4.69, 9.17) is 5.84 Å². The number of sulfonamides is 1. The Bertz CT molecular complexity index is 839. The highest BCUT2D eigenvalue weighted by molar-refractivity contribution is 7.92. The first kappa shape index (κ1) is 12.4. The molecule has 10 heteroatoms. The van der Waals surface area contributed by atoms with Crippen LogP contribution in [0.4, 0.5) is 11.5 Å². The Hall–Kier alpha value is -2.59. The first-order chi connectivity index (χ1) is 9.62. The van der Waals surface area contributed by atoms with E-state index in [1.54, 1.807) is 24.4 Å². The number of nitrogens with zero attached hydrogens (tertiary/aromatic N) is 3. The molecule has 0 aliphatic rings. The maximum Gasteiger partial charge on any atom is 0.281 e. The number of hydrogen-bond donors (Lipinski definition) is 3. The first-order valence-electron chi connectivity index (χ1n) is 5.48. The quantitative estimate of drug-likeness (QED) is 0.469. The highest BCUT2D eigenvalue weighted by Crippen LogP contribution is 2.24. The van der Waals surface area contributed by atoms with E-state index in [9.17, 15) is 8.42 Å². The van der Waals surface area contributed by atoms with Gasteiger partial charge >= 0.3 is 0 Å². The fraction of sp³-hybridized carbons (Fsp3) is 0. The lowest BCUT2D eigenvalue weighted by Gasteiger charge is -2.06. The molecule has 0 saturated carbocycles. The number of nitrogen functional groups attached to an aromatic ring is 1. The van der Waals surface area contributed by atoms with Crippen molar-refractivity contribution in [3.8, 4) is 0 Å². The van der Waals surface area contributed by atoms with Crippen LogP contribution < -0.4 is 16.0 Å². The molecule has 3 rings (SSSR count). The Morgan fingerprint density at radius 1 is 1.35 bits per heavy atom. The second-order valence-electron chi connectivity index (χ2n) is 3.86. The molecule has 20 heavy (non-hydrogen) atoms. The van der Waals surface area contributed by atoms with Gasteiger partial charge in [-0.1, -0.05) is 11.2 Å². The van der Waals surface area contributed by atoms with E-state index < -0.39 is 10.0 Å². The molecule has 0 aliphatic carbocycles. The normalized spacial score (nSPS) is 11.7. The van der Waals surface area contributed by atoms with Crippen LogP contribution in [-0.2, 0) is 10.0 Å². The first-order valence-corrected chi connectivity index (χ1v) is 6.96. The molecule has 0 atom stereocenters. The molecule has 3 heterocycles. The monoisotopic (exact) mass is 294 g/mol. The van der Waals surface area contributed by atoms with Crippen molar-refractivity contribution < 1.29 is 12.9 Å². The lowest BCUT2D eigenvalue weighted by Crippen LogP contribution is -2.18. The predicted octanol–water partition coefficient (Wildman–Crippen LogP) is 0.409. The molecule has 0 amide bonds. The number of nitrogens with one attached hydrogen (secondary N) is 2. The predicted molar refractivity (Wildman–Crippen MR) is 70.3 cm³/mol. The highest BCUT2D eigenvalue weighted by atomic mass is 32.2. The van der Waals surface area contributed by atoms with E-state index in [-0.39, 0.29) is 16.5 Å². The van der Waals surface area contributed by atoms with E-state index in [1.807, 2.05) is 0 Å². The number of anilines is 2. The standard InChI is InChI=1S/C10H10N6O3S/c11-14-9-10(16-4-2-1-3-8(16)13-9)20(17,18)15-7-5-12-19-6-7/h1-6,14-15H,11H2. The molecule has 3 aromatic heterocycles. The third-order valence-electron chi connectivity index (χ3n) is 2.56. The molecule has 0 bridgehead atoms. The number of nitrogens with two attached hydrogens (primary N) is 1. The molecule has 4 N–H and O–H groups in total. The van der Waals surface area contributed by atoms with Crippen LogP contribution in [0.1, 0.15) is 0 Å². The molecule has 0 aliphatic heterocycles. The SMILES string of the molecule is NNc1nc2ccccn2c1S(=O)(=O)Nc1cnoc1. The van der Waals surface area contributed by atoms with Gasteiger partial charge in [0.25, 0.3) is 10.0 Å². The Balaban J connectivity index is 2.17. The average Bonchev–Trinajstić information content (AvgIpc) is 3.04. The number of aromatic nitrogens is 3. The lowest BCUT2D eigenvalue weighted by atomic mass is 10.5. The average molecular weight is 294 g/mol. The van der Waals surface area contributed by atoms with E-state index >= 15 is 0 Å². The van der Waals surface area contributed by atoms with Crippen LogP contribution in [0, 0.1) is 0 Å². The third kappa shape index (κ3) is 1.96. The molecule has 0 unspecified atom stereocenters. The summed E-state index contributed by atoms with van der Waals surface area (Å²) in [5, 5.41) is 3.33. The topological polar surface area (TPSA) is 128 Å². The third-order valence-corrected chi connectivity index (χ3v) is 3.97. The van der Waals surface area contributed by atoms with Crippen molar-refractivity contribution in [2.45, 2.75) is 5.03 Å². The van der Waals surface area contributed by atoms with Crippen LogP contribution in [0.2, 0.25) is 0 Å². The van der Waals surface area contributed by atoms with Gasteiger partial charge in [-0.25, -0.2) is 10.8 Å². The van der Waals surface area contributed by atoms with E-state index in [0.717, 1.165) is 0 Å². The molecule has 0 radical (unpaired) electrons. The van der Waals surface area contributed by atoms with Crippen LogP contribution in [-0.4, -0.2) is 23.0 Å². The number of hydrazine groups is 1. The van der Waals surface area contributed by atoms with Crippen molar-refractivity contribution in [1.82, 2.24) is 14.5 Å². The van der Waals surface area contributed by atoms with Crippen molar-refractivity contribution >= 4 is 27.2 Å². The van der Waals surface area contributed by atoms with Gasteiger partial charge in [-0.2, -0.15) is 8.42 Å². The number of fused-ring (bicyclic) bond motifs is 1. The Morgan fingerprint density at radius 2 is 2.20 bits per heavy atom. The van der Waals surface area contributed by atoms with Crippen molar-refractivity contribution in [2.24, 2.45) is 5.84 Å². The van der Waals surface area contributed by atoms with Crippen LogP contribution >= 0.6 is 0 Å². The second kappa shape index (κ2) is 4.51. The Morgan fingerprint density at radius 3 is 2.90 bits per heavy atom. The smallest absolute Gasteiger partial charge is 0.281 e. The molecule has 104 valence electrons. The van der Waals surface area contributed by atoms with E-state index in [0.29, 0.717) is 5.65 Å². The van der Waals surface area contributed by atoms with Crippen LogP contribution in [0.5, 0.6) is 0 Å². The number of rotatable bonds is 4. The van der Waals surface area contributed by atoms with Gasteiger partial charge in [0.05, 0.1) is 6.20 Å². The van der Waals surface area contributed by atoms with Gasteiger partial charge in [0, 0.05) is 6.20 Å². The fourth-order valence-electron chi connectivity index (χ4n) is 1.78. The summed E-state index contributed by atoms with van der Waals surface area (Å²) in [4.78, 5) is 4.10. The summed E-state index contributed by atoms with van der Waals surface area (Å²) in [7, 11) is -3.90. The lowest BCUT2D eigenvalue weighted by molar-refractivity contribution is 0.420. The molecular formula is C10H10N6O3S. The summed E-state index contributed by atoms with van der Waals surface area (Å²) in [5.41, 5.74) is 2.94.